The van der Waals surface area contributed by atoms with Gasteiger partial charge in [-0.25, -0.2) is 0 Å². The van der Waals surface area contributed by atoms with Gasteiger partial charge in [0.15, 0.2) is 0 Å². The SMILES string of the molecule is CNC(C)CC1CC1C. The average molecular weight is 127 g/mol. The first kappa shape index (κ1) is 7.07. The van der Waals surface area contributed by atoms with Crippen molar-refractivity contribution in [3.05, 3.63) is 0 Å². The van der Waals surface area contributed by atoms with Crippen LogP contribution in [0.3, 0.4) is 0 Å². The van der Waals surface area contributed by atoms with Crippen molar-refractivity contribution in [2.24, 2.45) is 11.8 Å². The van der Waals surface area contributed by atoms with E-state index >= 15 is 0 Å². The maximum Gasteiger partial charge on any atom is 0.00384 e. The molecule has 1 saturated carbocycles. The summed E-state index contributed by atoms with van der Waals surface area (Å²) >= 11 is 0. The van der Waals surface area contributed by atoms with Crippen molar-refractivity contribution in [2.75, 3.05) is 7.05 Å². The molecular formula is C8H17N. The molecule has 0 aromatic rings. The Morgan fingerprint density at radius 1 is 1.67 bits per heavy atom. The molecule has 1 fully saturated rings. The molecule has 1 nitrogen and oxygen atoms in total. The van der Waals surface area contributed by atoms with Gasteiger partial charge in [0.25, 0.3) is 0 Å². The van der Waals surface area contributed by atoms with Crippen LogP contribution in [0.2, 0.25) is 0 Å². The highest BCUT2D eigenvalue weighted by Gasteiger charge is 2.32. The molecule has 3 atom stereocenters. The van der Waals surface area contributed by atoms with Crippen molar-refractivity contribution >= 4 is 0 Å². The Morgan fingerprint density at radius 3 is 2.56 bits per heavy atom. The molecule has 1 N–H and O–H groups in total. The van der Waals surface area contributed by atoms with Gasteiger partial charge < -0.3 is 5.32 Å². The van der Waals surface area contributed by atoms with Crippen LogP contribution in [-0.4, -0.2) is 13.1 Å². The predicted molar refractivity (Wildman–Crippen MR) is 40.4 cm³/mol. The van der Waals surface area contributed by atoms with Gasteiger partial charge in [-0.2, -0.15) is 0 Å². The Morgan fingerprint density at radius 2 is 2.22 bits per heavy atom. The summed E-state index contributed by atoms with van der Waals surface area (Å²) in [6.45, 7) is 4.60. The third-order valence-electron chi connectivity index (χ3n) is 2.43. The first-order chi connectivity index (χ1) is 4.24. The first-order valence-corrected chi connectivity index (χ1v) is 3.91. The van der Waals surface area contributed by atoms with E-state index in [9.17, 15) is 0 Å². The highest BCUT2D eigenvalue weighted by atomic mass is 14.9. The van der Waals surface area contributed by atoms with Crippen molar-refractivity contribution in [1.82, 2.24) is 5.32 Å². The fraction of sp³-hybridized carbons (Fsp3) is 1.00. The molecule has 0 heterocycles. The molecule has 0 amide bonds. The van der Waals surface area contributed by atoms with Gasteiger partial charge in [0, 0.05) is 6.04 Å². The fourth-order valence-electron chi connectivity index (χ4n) is 1.30. The number of hydrogen-bond acceptors (Lipinski definition) is 1. The summed E-state index contributed by atoms with van der Waals surface area (Å²) in [5, 5.41) is 3.26. The third-order valence-corrected chi connectivity index (χ3v) is 2.43. The predicted octanol–water partition coefficient (Wildman–Crippen LogP) is 1.64. The van der Waals surface area contributed by atoms with E-state index in [1.54, 1.807) is 0 Å². The summed E-state index contributed by atoms with van der Waals surface area (Å²) < 4.78 is 0. The molecule has 0 saturated heterocycles. The van der Waals surface area contributed by atoms with Gasteiger partial charge in [-0.15, -0.1) is 0 Å². The van der Waals surface area contributed by atoms with Gasteiger partial charge in [-0.3, -0.25) is 0 Å². The minimum atomic E-state index is 0.722. The Labute approximate surface area is 57.8 Å². The van der Waals surface area contributed by atoms with Crippen LogP contribution in [0, 0.1) is 11.8 Å². The first-order valence-electron chi connectivity index (χ1n) is 3.91. The van der Waals surface area contributed by atoms with Crippen LogP contribution in [0.15, 0.2) is 0 Å². The van der Waals surface area contributed by atoms with E-state index in [1.165, 1.54) is 12.8 Å². The van der Waals surface area contributed by atoms with E-state index in [0.717, 1.165) is 17.9 Å². The molecule has 0 aromatic heterocycles. The zero-order valence-corrected chi connectivity index (χ0v) is 6.65. The van der Waals surface area contributed by atoms with Crippen LogP contribution < -0.4 is 5.32 Å². The van der Waals surface area contributed by atoms with Crippen molar-refractivity contribution in [1.29, 1.82) is 0 Å². The Hall–Kier alpha value is -0.0400. The van der Waals surface area contributed by atoms with Gasteiger partial charge >= 0.3 is 0 Å². The standard InChI is InChI=1S/C8H17N/c1-6-4-8(6)5-7(2)9-3/h6-9H,4-5H2,1-3H3. The molecule has 0 bridgehead atoms. The van der Waals surface area contributed by atoms with Crippen molar-refractivity contribution < 1.29 is 0 Å². The van der Waals surface area contributed by atoms with Crippen LogP contribution in [0.25, 0.3) is 0 Å². The number of rotatable bonds is 3. The summed E-state index contributed by atoms with van der Waals surface area (Å²) in [6.07, 6.45) is 2.84. The maximum absolute atomic E-state index is 3.26. The molecule has 0 aliphatic heterocycles. The maximum atomic E-state index is 3.26. The lowest BCUT2D eigenvalue weighted by molar-refractivity contribution is 0.513. The summed E-state index contributed by atoms with van der Waals surface area (Å²) in [7, 11) is 2.04. The molecule has 54 valence electrons. The molecule has 3 unspecified atom stereocenters. The molecule has 1 aliphatic rings. The van der Waals surface area contributed by atoms with Crippen molar-refractivity contribution in [3.63, 3.8) is 0 Å². The average Bonchev–Trinajstić information content (AvgIpc) is 2.47. The van der Waals surface area contributed by atoms with Crippen LogP contribution >= 0.6 is 0 Å². The van der Waals surface area contributed by atoms with Crippen LogP contribution in [-0.2, 0) is 0 Å². The van der Waals surface area contributed by atoms with Gasteiger partial charge in [0.2, 0.25) is 0 Å². The van der Waals surface area contributed by atoms with E-state index in [1.807, 2.05) is 7.05 Å². The molecule has 9 heavy (non-hydrogen) atoms. The van der Waals surface area contributed by atoms with Gasteiger partial charge in [-0.05, 0) is 38.6 Å². The number of hydrogen-bond donors (Lipinski definition) is 1. The lowest BCUT2D eigenvalue weighted by Crippen LogP contribution is -2.21. The lowest BCUT2D eigenvalue weighted by atomic mass is 10.1. The van der Waals surface area contributed by atoms with Crippen molar-refractivity contribution in [3.8, 4) is 0 Å². The van der Waals surface area contributed by atoms with E-state index in [0.29, 0.717) is 0 Å². The minimum absolute atomic E-state index is 0.722. The lowest BCUT2D eigenvalue weighted by Gasteiger charge is -2.07. The smallest absolute Gasteiger partial charge is 0.00384 e. The highest BCUT2D eigenvalue weighted by molar-refractivity contribution is 4.84. The largest absolute Gasteiger partial charge is 0.317 e. The zero-order valence-electron chi connectivity index (χ0n) is 6.65. The van der Waals surface area contributed by atoms with Crippen LogP contribution in [0.1, 0.15) is 26.7 Å². The number of nitrogens with one attached hydrogen (secondary N) is 1. The van der Waals surface area contributed by atoms with Gasteiger partial charge in [0.1, 0.15) is 0 Å². The molecule has 0 spiro atoms. The van der Waals surface area contributed by atoms with E-state index in [-0.39, 0.29) is 0 Å². The molecular weight excluding hydrogens is 110 g/mol. The molecule has 1 rings (SSSR count). The third kappa shape index (κ3) is 1.98. The second-order valence-corrected chi connectivity index (χ2v) is 3.40. The molecule has 0 aromatic carbocycles. The monoisotopic (exact) mass is 127 g/mol. The van der Waals surface area contributed by atoms with Gasteiger partial charge in [-0.1, -0.05) is 6.92 Å². The van der Waals surface area contributed by atoms with E-state index < -0.39 is 0 Å². The topological polar surface area (TPSA) is 12.0 Å². The minimum Gasteiger partial charge on any atom is -0.317 e. The Balaban J connectivity index is 2.05. The summed E-state index contributed by atoms with van der Waals surface area (Å²) in [4.78, 5) is 0. The summed E-state index contributed by atoms with van der Waals surface area (Å²) in [5.74, 6) is 2.05. The second kappa shape index (κ2) is 2.70. The second-order valence-electron chi connectivity index (χ2n) is 3.40. The molecule has 1 aliphatic carbocycles. The summed E-state index contributed by atoms with van der Waals surface area (Å²) in [6, 6.07) is 0.722. The highest BCUT2D eigenvalue weighted by Crippen LogP contribution is 2.41. The van der Waals surface area contributed by atoms with Crippen molar-refractivity contribution in [2.45, 2.75) is 32.7 Å². The van der Waals surface area contributed by atoms with E-state index in [2.05, 4.69) is 19.2 Å². The normalized spacial score (nSPS) is 36.3. The Kier molecular flexibility index (Phi) is 2.12. The Bertz CT molecular complexity index is 88.6. The van der Waals surface area contributed by atoms with E-state index in [4.69, 9.17) is 0 Å². The van der Waals surface area contributed by atoms with Crippen LogP contribution in [0.5, 0.6) is 0 Å². The molecule has 0 radical (unpaired) electrons. The quantitative estimate of drug-likeness (QED) is 0.607. The summed E-state index contributed by atoms with van der Waals surface area (Å²) in [5.41, 5.74) is 0. The van der Waals surface area contributed by atoms with Gasteiger partial charge in [0.05, 0.1) is 0 Å². The fourth-order valence-corrected chi connectivity index (χ4v) is 1.30. The molecule has 1 heteroatoms. The zero-order chi connectivity index (χ0) is 6.85. The van der Waals surface area contributed by atoms with Crippen LogP contribution in [0.4, 0.5) is 0 Å².